The summed E-state index contributed by atoms with van der Waals surface area (Å²) in [4.78, 5) is 0. The molecule has 21 heavy (non-hydrogen) atoms. The summed E-state index contributed by atoms with van der Waals surface area (Å²) in [5.74, 6) is 0.821. The molecule has 1 heterocycles. The fraction of sp³-hybridized carbons (Fsp3) is 0.438. The summed E-state index contributed by atoms with van der Waals surface area (Å²) in [6, 6.07) is 7.99. The maximum Gasteiger partial charge on any atom is 0.130 e. The van der Waals surface area contributed by atoms with Crippen LogP contribution in [0, 0.1) is 0 Å². The van der Waals surface area contributed by atoms with Crippen molar-refractivity contribution < 1.29 is 4.74 Å². The number of hydrogen-bond acceptors (Lipinski definition) is 3. The zero-order chi connectivity index (χ0) is 15.4. The lowest BCUT2D eigenvalue weighted by Gasteiger charge is -2.14. The molecule has 2 rings (SSSR count). The van der Waals surface area contributed by atoms with E-state index in [4.69, 9.17) is 10.5 Å². The van der Waals surface area contributed by atoms with Crippen molar-refractivity contribution in [3.05, 3.63) is 45.7 Å². The van der Waals surface area contributed by atoms with Crippen LogP contribution < -0.4 is 10.5 Å². The highest BCUT2D eigenvalue weighted by Gasteiger charge is 2.11. The van der Waals surface area contributed by atoms with E-state index >= 15 is 0 Å². The first-order valence-corrected chi connectivity index (χ1v) is 8.07. The van der Waals surface area contributed by atoms with E-state index in [1.165, 1.54) is 0 Å². The fourth-order valence-corrected chi connectivity index (χ4v) is 2.58. The molecule has 0 saturated carbocycles. The van der Waals surface area contributed by atoms with Gasteiger partial charge in [-0.25, -0.2) is 0 Å². The van der Waals surface area contributed by atoms with Gasteiger partial charge in [-0.3, -0.25) is 4.68 Å². The quantitative estimate of drug-likeness (QED) is 0.860. The number of nitrogens with two attached hydrogens (primary N) is 1. The van der Waals surface area contributed by atoms with E-state index in [0.29, 0.717) is 6.61 Å². The Morgan fingerprint density at radius 3 is 2.71 bits per heavy atom. The van der Waals surface area contributed by atoms with Gasteiger partial charge in [-0.1, -0.05) is 28.9 Å². The van der Waals surface area contributed by atoms with E-state index in [9.17, 15) is 0 Å². The molecule has 1 aromatic heterocycles. The standard InChI is InChI=1S/C16H22BrN3O/c1-4-13-9-14(20(5-2)19-13)10-21-16-8-12(17)6-7-15(16)11(3)18/h6-9,11H,4-5,10,18H2,1-3H3. The van der Waals surface area contributed by atoms with E-state index in [1.54, 1.807) is 0 Å². The molecular weight excluding hydrogens is 330 g/mol. The Labute approximate surface area is 134 Å². The van der Waals surface area contributed by atoms with Crippen molar-refractivity contribution in [1.29, 1.82) is 0 Å². The van der Waals surface area contributed by atoms with Crippen LogP contribution in [0.25, 0.3) is 0 Å². The molecule has 0 saturated heterocycles. The van der Waals surface area contributed by atoms with Crippen molar-refractivity contribution in [2.24, 2.45) is 5.73 Å². The number of aromatic nitrogens is 2. The van der Waals surface area contributed by atoms with E-state index in [0.717, 1.165) is 40.1 Å². The molecule has 4 nitrogen and oxygen atoms in total. The zero-order valence-electron chi connectivity index (χ0n) is 12.8. The summed E-state index contributed by atoms with van der Waals surface area (Å²) in [6.45, 7) is 7.49. The molecule has 0 bridgehead atoms. The second kappa shape index (κ2) is 7.09. The maximum atomic E-state index is 6.00. The van der Waals surface area contributed by atoms with E-state index in [2.05, 4.69) is 40.9 Å². The molecule has 0 aliphatic heterocycles. The SMILES string of the molecule is CCc1cc(COc2cc(Br)ccc2C(C)N)n(CC)n1. The van der Waals surface area contributed by atoms with Crippen LogP contribution >= 0.6 is 15.9 Å². The van der Waals surface area contributed by atoms with Gasteiger partial charge in [-0.2, -0.15) is 5.10 Å². The van der Waals surface area contributed by atoms with Crippen LogP contribution in [-0.4, -0.2) is 9.78 Å². The molecule has 0 fully saturated rings. The van der Waals surface area contributed by atoms with Crippen molar-refractivity contribution in [1.82, 2.24) is 9.78 Å². The first-order chi connectivity index (χ1) is 10.0. The Bertz CT molecular complexity index is 608. The largest absolute Gasteiger partial charge is 0.487 e. The third-order valence-corrected chi connectivity index (χ3v) is 3.91. The highest BCUT2D eigenvalue weighted by atomic mass is 79.9. The molecule has 114 valence electrons. The van der Waals surface area contributed by atoms with Crippen LogP contribution in [0.3, 0.4) is 0 Å². The summed E-state index contributed by atoms with van der Waals surface area (Å²) < 4.78 is 8.97. The predicted octanol–water partition coefficient (Wildman–Crippen LogP) is 3.83. The van der Waals surface area contributed by atoms with Gasteiger partial charge in [0.2, 0.25) is 0 Å². The van der Waals surface area contributed by atoms with E-state index in [-0.39, 0.29) is 6.04 Å². The first-order valence-electron chi connectivity index (χ1n) is 7.28. The van der Waals surface area contributed by atoms with Gasteiger partial charge < -0.3 is 10.5 Å². The summed E-state index contributed by atoms with van der Waals surface area (Å²) in [7, 11) is 0. The fourth-order valence-electron chi connectivity index (χ4n) is 2.24. The lowest BCUT2D eigenvalue weighted by atomic mass is 10.1. The second-order valence-electron chi connectivity index (χ2n) is 5.06. The minimum absolute atomic E-state index is 0.0598. The number of ether oxygens (including phenoxy) is 1. The Hall–Kier alpha value is -1.33. The van der Waals surface area contributed by atoms with Gasteiger partial charge >= 0.3 is 0 Å². The molecular formula is C16H22BrN3O. The van der Waals surface area contributed by atoms with Gasteiger partial charge in [-0.05, 0) is 38.5 Å². The normalized spacial score (nSPS) is 12.4. The van der Waals surface area contributed by atoms with Crippen molar-refractivity contribution >= 4 is 15.9 Å². The molecule has 5 heteroatoms. The van der Waals surface area contributed by atoms with Crippen LogP contribution in [0.2, 0.25) is 0 Å². The van der Waals surface area contributed by atoms with Gasteiger partial charge in [0.25, 0.3) is 0 Å². The molecule has 1 unspecified atom stereocenters. The molecule has 0 aliphatic rings. The molecule has 0 amide bonds. The van der Waals surface area contributed by atoms with Crippen molar-refractivity contribution in [2.75, 3.05) is 0 Å². The summed E-state index contributed by atoms with van der Waals surface area (Å²) in [5, 5.41) is 4.54. The number of nitrogens with zero attached hydrogens (tertiary/aromatic N) is 2. The summed E-state index contributed by atoms with van der Waals surface area (Å²) >= 11 is 3.48. The highest BCUT2D eigenvalue weighted by molar-refractivity contribution is 9.10. The monoisotopic (exact) mass is 351 g/mol. The Kier molecular flexibility index (Phi) is 5.42. The molecule has 2 aromatic rings. The topological polar surface area (TPSA) is 53.1 Å². The van der Waals surface area contributed by atoms with E-state index in [1.807, 2.05) is 29.8 Å². The molecule has 0 radical (unpaired) electrons. The van der Waals surface area contributed by atoms with Crippen molar-refractivity contribution in [3.63, 3.8) is 0 Å². The highest BCUT2D eigenvalue weighted by Crippen LogP contribution is 2.28. The molecule has 1 atom stereocenters. The van der Waals surface area contributed by atoms with Crippen LogP contribution in [0.15, 0.2) is 28.7 Å². The predicted molar refractivity (Wildman–Crippen MR) is 88.4 cm³/mol. The zero-order valence-corrected chi connectivity index (χ0v) is 14.4. The molecule has 0 spiro atoms. The number of benzene rings is 1. The molecule has 0 aliphatic carbocycles. The Morgan fingerprint density at radius 2 is 2.10 bits per heavy atom. The average Bonchev–Trinajstić information content (AvgIpc) is 2.87. The number of halogens is 1. The second-order valence-corrected chi connectivity index (χ2v) is 5.97. The van der Waals surface area contributed by atoms with Crippen LogP contribution in [-0.2, 0) is 19.6 Å². The van der Waals surface area contributed by atoms with Gasteiger partial charge in [-0.15, -0.1) is 0 Å². The number of hydrogen-bond donors (Lipinski definition) is 1. The third-order valence-electron chi connectivity index (χ3n) is 3.42. The maximum absolute atomic E-state index is 6.00. The third kappa shape index (κ3) is 3.86. The minimum Gasteiger partial charge on any atom is -0.487 e. The van der Waals surface area contributed by atoms with Crippen LogP contribution in [0.1, 0.15) is 43.8 Å². The molecule has 1 aromatic carbocycles. The minimum atomic E-state index is -0.0598. The van der Waals surface area contributed by atoms with Crippen LogP contribution in [0.4, 0.5) is 0 Å². The number of aryl methyl sites for hydroxylation is 2. The van der Waals surface area contributed by atoms with Gasteiger partial charge in [0.15, 0.2) is 0 Å². The summed E-state index contributed by atoms with van der Waals surface area (Å²) in [5.41, 5.74) is 9.20. The Balaban J connectivity index is 2.19. The number of rotatable bonds is 6. The summed E-state index contributed by atoms with van der Waals surface area (Å²) in [6.07, 6.45) is 0.933. The van der Waals surface area contributed by atoms with Crippen LogP contribution in [0.5, 0.6) is 5.75 Å². The molecule has 2 N–H and O–H groups in total. The van der Waals surface area contributed by atoms with Crippen molar-refractivity contribution in [3.8, 4) is 5.75 Å². The lowest BCUT2D eigenvalue weighted by molar-refractivity contribution is 0.288. The van der Waals surface area contributed by atoms with Gasteiger partial charge in [0.05, 0.1) is 11.4 Å². The Morgan fingerprint density at radius 1 is 1.33 bits per heavy atom. The smallest absolute Gasteiger partial charge is 0.130 e. The first kappa shape index (κ1) is 16.0. The van der Waals surface area contributed by atoms with Crippen molar-refractivity contribution in [2.45, 2.75) is 46.4 Å². The lowest BCUT2D eigenvalue weighted by Crippen LogP contribution is -2.10. The average molecular weight is 352 g/mol. The van der Waals surface area contributed by atoms with Gasteiger partial charge in [0.1, 0.15) is 12.4 Å². The van der Waals surface area contributed by atoms with Gasteiger partial charge in [0, 0.05) is 22.6 Å². The van der Waals surface area contributed by atoms with E-state index < -0.39 is 0 Å².